The zero-order valence-corrected chi connectivity index (χ0v) is 15.0. The lowest BCUT2D eigenvalue weighted by Crippen LogP contribution is -2.42. The minimum atomic E-state index is -1.21. The van der Waals surface area contributed by atoms with Gasteiger partial charge in [0.15, 0.2) is 5.78 Å². The first-order valence-corrected chi connectivity index (χ1v) is 10.3. The van der Waals surface area contributed by atoms with Crippen LogP contribution in [-0.2, 0) is 19.2 Å². The van der Waals surface area contributed by atoms with Gasteiger partial charge in [0.05, 0.1) is 18.9 Å². The summed E-state index contributed by atoms with van der Waals surface area (Å²) in [7, 11) is 3.76. The SMILES string of the molecule is O=C(O)CCC(=O)[C@H](CC(=O)O)NC(=O)CCCC[C@@H]1CCSS1. The second-order valence-corrected chi connectivity index (χ2v) is 8.44. The number of carbonyl (C=O) groups excluding carboxylic acids is 2. The molecule has 0 unspecified atom stereocenters. The molecule has 2 atom stereocenters. The number of ketones is 1. The Morgan fingerprint density at radius 2 is 1.79 bits per heavy atom. The summed E-state index contributed by atoms with van der Waals surface area (Å²) >= 11 is 0. The van der Waals surface area contributed by atoms with Crippen LogP contribution >= 0.6 is 21.6 Å². The van der Waals surface area contributed by atoms with E-state index in [4.69, 9.17) is 10.2 Å². The highest BCUT2D eigenvalue weighted by atomic mass is 33.1. The largest absolute Gasteiger partial charge is 0.481 e. The van der Waals surface area contributed by atoms with Crippen molar-refractivity contribution in [3.63, 3.8) is 0 Å². The number of aliphatic carboxylic acids is 2. The summed E-state index contributed by atoms with van der Waals surface area (Å²) in [6.07, 6.45) is 2.92. The fourth-order valence-corrected chi connectivity index (χ4v) is 5.34. The second-order valence-electron chi connectivity index (χ2n) is 5.65. The van der Waals surface area contributed by atoms with E-state index in [1.54, 1.807) is 0 Å². The van der Waals surface area contributed by atoms with Crippen molar-refractivity contribution in [1.82, 2.24) is 5.32 Å². The second kappa shape index (κ2) is 11.4. The number of hydrogen-bond acceptors (Lipinski definition) is 6. The average Bonchev–Trinajstić information content (AvgIpc) is 3.01. The van der Waals surface area contributed by atoms with Crippen LogP contribution in [0, 0.1) is 0 Å². The Hall–Kier alpha value is -1.22. The first-order chi connectivity index (χ1) is 11.4. The molecule has 136 valence electrons. The molecular weight excluding hydrogens is 354 g/mol. The third kappa shape index (κ3) is 9.17. The minimum absolute atomic E-state index is 0.243. The number of carbonyl (C=O) groups is 4. The maximum Gasteiger partial charge on any atom is 0.305 e. The Bertz CT molecular complexity index is 465. The zero-order chi connectivity index (χ0) is 17.9. The third-order valence-corrected chi connectivity index (χ3v) is 6.60. The van der Waals surface area contributed by atoms with Crippen molar-refractivity contribution in [3.05, 3.63) is 0 Å². The molecule has 9 heteroatoms. The van der Waals surface area contributed by atoms with Crippen molar-refractivity contribution in [1.29, 1.82) is 0 Å². The molecule has 1 amide bonds. The summed E-state index contributed by atoms with van der Waals surface area (Å²) in [6.45, 7) is 0. The van der Waals surface area contributed by atoms with E-state index in [-0.39, 0.29) is 25.2 Å². The van der Waals surface area contributed by atoms with Crippen molar-refractivity contribution < 1.29 is 29.4 Å². The molecule has 0 bridgehead atoms. The maximum absolute atomic E-state index is 11.9. The van der Waals surface area contributed by atoms with E-state index in [1.807, 2.05) is 21.6 Å². The molecule has 1 fully saturated rings. The lowest BCUT2D eigenvalue weighted by atomic mass is 10.0. The van der Waals surface area contributed by atoms with Crippen LogP contribution in [0.2, 0.25) is 0 Å². The zero-order valence-electron chi connectivity index (χ0n) is 13.4. The van der Waals surface area contributed by atoms with Crippen molar-refractivity contribution in [2.75, 3.05) is 5.75 Å². The minimum Gasteiger partial charge on any atom is -0.481 e. The molecule has 1 saturated heterocycles. The van der Waals surface area contributed by atoms with Gasteiger partial charge in [0.25, 0.3) is 0 Å². The lowest BCUT2D eigenvalue weighted by molar-refractivity contribution is -0.140. The van der Waals surface area contributed by atoms with Crippen molar-refractivity contribution >= 4 is 45.2 Å². The quantitative estimate of drug-likeness (QED) is 0.349. The first-order valence-electron chi connectivity index (χ1n) is 7.92. The third-order valence-electron chi connectivity index (χ3n) is 3.60. The Balaban J connectivity index is 2.32. The number of Topliss-reactive ketones (excluding diaryl/α,β-unsaturated/α-hetero) is 1. The highest BCUT2D eigenvalue weighted by Crippen LogP contribution is 2.39. The van der Waals surface area contributed by atoms with E-state index in [1.165, 1.54) is 12.2 Å². The van der Waals surface area contributed by atoms with E-state index < -0.39 is 30.2 Å². The predicted molar refractivity (Wildman–Crippen MR) is 93.0 cm³/mol. The summed E-state index contributed by atoms with van der Waals surface area (Å²) in [6, 6.07) is -1.16. The van der Waals surface area contributed by atoms with E-state index in [0.29, 0.717) is 11.7 Å². The molecule has 1 aliphatic rings. The predicted octanol–water partition coefficient (Wildman–Crippen LogP) is 2.09. The molecule has 24 heavy (non-hydrogen) atoms. The number of carboxylic acid groups (broad SMARTS) is 2. The van der Waals surface area contributed by atoms with Crippen molar-refractivity contribution in [2.24, 2.45) is 0 Å². The lowest BCUT2D eigenvalue weighted by Gasteiger charge is -2.15. The van der Waals surface area contributed by atoms with Gasteiger partial charge in [-0.2, -0.15) is 0 Å². The molecule has 1 rings (SSSR count). The van der Waals surface area contributed by atoms with Crippen LogP contribution in [0.15, 0.2) is 0 Å². The normalized spacial score (nSPS) is 18.1. The van der Waals surface area contributed by atoms with E-state index in [2.05, 4.69) is 5.32 Å². The van der Waals surface area contributed by atoms with Crippen LogP contribution in [0.4, 0.5) is 0 Å². The summed E-state index contributed by atoms with van der Waals surface area (Å²) < 4.78 is 0. The van der Waals surface area contributed by atoms with E-state index in [0.717, 1.165) is 12.8 Å². The van der Waals surface area contributed by atoms with Crippen LogP contribution in [0.3, 0.4) is 0 Å². The van der Waals surface area contributed by atoms with Gasteiger partial charge >= 0.3 is 11.9 Å². The standard InChI is InChI=1S/C15H23NO6S2/c17-12(5-6-14(19)20)11(9-15(21)22)16-13(18)4-2-1-3-10-7-8-23-24-10/h10-11H,1-9H2,(H,16,18)(H,19,20)(H,21,22)/t10-,11+/m1/s1. The van der Waals surface area contributed by atoms with E-state index in [9.17, 15) is 19.2 Å². The Morgan fingerprint density at radius 1 is 1.04 bits per heavy atom. The van der Waals surface area contributed by atoms with Gasteiger partial charge in [-0.3, -0.25) is 19.2 Å². The van der Waals surface area contributed by atoms with Gasteiger partial charge in [-0.05, 0) is 19.3 Å². The summed E-state index contributed by atoms with van der Waals surface area (Å²) in [5, 5.41) is 20.5. The summed E-state index contributed by atoms with van der Waals surface area (Å²) in [5.74, 6) is -2.09. The van der Waals surface area contributed by atoms with Gasteiger partial charge in [0.1, 0.15) is 0 Å². The first kappa shape index (κ1) is 20.8. The van der Waals surface area contributed by atoms with Gasteiger partial charge in [-0.15, -0.1) is 0 Å². The van der Waals surface area contributed by atoms with Crippen molar-refractivity contribution in [2.45, 2.75) is 62.7 Å². The molecule has 0 aromatic rings. The van der Waals surface area contributed by atoms with Gasteiger partial charge in [-0.1, -0.05) is 28.0 Å². The molecule has 0 saturated carbocycles. The molecule has 0 aromatic carbocycles. The fraction of sp³-hybridized carbons (Fsp3) is 0.733. The summed E-state index contributed by atoms with van der Waals surface area (Å²) in [5.41, 5.74) is 0. The molecule has 0 radical (unpaired) electrons. The van der Waals surface area contributed by atoms with Crippen LogP contribution in [0.1, 0.15) is 51.4 Å². The number of unbranched alkanes of at least 4 members (excludes halogenated alkanes) is 1. The molecule has 1 heterocycles. The number of rotatable bonds is 12. The fourth-order valence-electron chi connectivity index (χ4n) is 2.31. The van der Waals surface area contributed by atoms with Gasteiger partial charge < -0.3 is 15.5 Å². The van der Waals surface area contributed by atoms with Crippen LogP contribution in [-0.4, -0.2) is 50.9 Å². The molecule has 0 aliphatic carbocycles. The molecule has 7 nitrogen and oxygen atoms in total. The van der Waals surface area contributed by atoms with Gasteiger partial charge in [0.2, 0.25) is 5.91 Å². The monoisotopic (exact) mass is 377 g/mol. The van der Waals surface area contributed by atoms with Gasteiger partial charge in [-0.25, -0.2) is 0 Å². The maximum atomic E-state index is 11.9. The van der Waals surface area contributed by atoms with Gasteiger partial charge in [0, 0.05) is 23.8 Å². The number of amides is 1. The Morgan fingerprint density at radius 3 is 2.38 bits per heavy atom. The smallest absolute Gasteiger partial charge is 0.305 e. The highest BCUT2D eigenvalue weighted by Gasteiger charge is 2.24. The van der Waals surface area contributed by atoms with Crippen LogP contribution in [0.5, 0.6) is 0 Å². The molecule has 0 aromatic heterocycles. The molecule has 0 spiro atoms. The molecule has 1 aliphatic heterocycles. The van der Waals surface area contributed by atoms with Crippen molar-refractivity contribution in [3.8, 4) is 0 Å². The summed E-state index contributed by atoms with van der Waals surface area (Å²) in [4.78, 5) is 45.1. The van der Waals surface area contributed by atoms with E-state index >= 15 is 0 Å². The van der Waals surface area contributed by atoms with Crippen LogP contribution < -0.4 is 5.32 Å². The average molecular weight is 377 g/mol. The van der Waals surface area contributed by atoms with Crippen LogP contribution in [0.25, 0.3) is 0 Å². The number of hydrogen-bond donors (Lipinski definition) is 3. The topological polar surface area (TPSA) is 121 Å². The highest BCUT2D eigenvalue weighted by molar-refractivity contribution is 8.77. The number of nitrogens with one attached hydrogen (secondary N) is 1. The molecular formula is C15H23NO6S2. The number of carboxylic acids is 2. The Labute approximate surface area is 148 Å². The Kier molecular flexibility index (Phi) is 9.85. The molecule has 3 N–H and O–H groups in total.